The van der Waals surface area contributed by atoms with Gasteiger partial charge in [-0.05, 0) is 57.1 Å². The normalized spacial score (nSPS) is 45.1. The van der Waals surface area contributed by atoms with Crippen molar-refractivity contribution in [3.8, 4) is 0 Å². The quantitative estimate of drug-likeness (QED) is 0.405. The summed E-state index contributed by atoms with van der Waals surface area (Å²) in [6, 6.07) is 0. The monoisotopic (exact) mass is 512 g/mol. The lowest BCUT2D eigenvalue weighted by molar-refractivity contribution is -0.225. The number of aliphatic hydroxyl groups excluding tert-OH is 1. The number of esters is 1. The summed E-state index contributed by atoms with van der Waals surface area (Å²) in [7, 11) is 0. The first-order chi connectivity index (χ1) is 15.9. The molecule has 0 spiro atoms. The Kier molecular flexibility index (Phi) is 6.65. The van der Waals surface area contributed by atoms with Crippen molar-refractivity contribution < 1.29 is 28.6 Å². The van der Waals surface area contributed by atoms with Crippen molar-refractivity contribution in [3.05, 3.63) is 23.8 Å². The molecule has 8 atom stereocenters. The van der Waals surface area contributed by atoms with Crippen LogP contribution in [0.3, 0.4) is 0 Å². The first-order valence-corrected chi connectivity index (χ1v) is 13.7. The average molecular weight is 513 g/mol. The fourth-order valence-electron chi connectivity index (χ4n) is 7.82. The molecule has 0 aromatic rings. The lowest BCUT2D eigenvalue weighted by atomic mass is 9.45. The number of hydrogen-bond donors (Lipinski definition) is 1. The van der Waals surface area contributed by atoms with E-state index < -0.39 is 40.1 Å². The predicted molar refractivity (Wildman–Crippen MR) is 130 cm³/mol. The Hall–Kier alpha value is -1.18. The van der Waals surface area contributed by atoms with E-state index in [4.69, 9.17) is 16.3 Å². The molecule has 34 heavy (non-hydrogen) atoms. The third kappa shape index (κ3) is 3.25. The van der Waals surface area contributed by atoms with Gasteiger partial charge in [-0.15, -0.1) is 11.6 Å². The van der Waals surface area contributed by atoms with E-state index in [0.717, 1.165) is 11.8 Å². The van der Waals surface area contributed by atoms with Gasteiger partial charge in [0.25, 0.3) is 0 Å². The number of fused-ring (bicyclic) bond motifs is 5. The van der Waals surface area contributed by atoms with Gasteiger partial charge in [-0.25, -0.2) is 4.39 Å². The zero-order valence-electron chi connectivity index (χ0n) is 20.2. The van der Waals surface area contributed by atoms with Crippen LogP contribution in [0.1, 0.15) is 66.2 Å². The molecule has 4 aliphatic carbocycles. The van der Waals surface area contributed by atoms with E-state index in [1.165, 1.54) is 12.2 Å². The van der Waals surface area contributed by atoms with Gasteiger partial charge in [0, 0.05) is 29.1 Å². The van der Waals surface area contributed by atoms with E-state index in [0.29, 0.717) is 31.3 Å². The molecule has 5 nitrogen and oxygen atoms in total. The summed E-state index contributed by atoms with van der Waals surface area (Å²) in [6.45, 7) is 7.39. The largest absolute Gasteiger partial charge is 0.449 e. The number of ketones is 1. The van der Waals surface area contributed by atoms with E-state index in [9.17, 15) is 19.5 Å². The van der Waals surface area contributed by atoms with Crippen LogP contribution < -0.4 is 0 Å². The van der Waals surface area contributed by atoms with E-state index in [1.807, 2.05) is 20.8 Å². The molecule has 0 heterocycles. The SMILES string of the molecule is CCCC(=O)O[C@]1(C(=O)SCCl)[C@@H](C)C[C@H]2[C@@H]3CCC4=CC(=O)C=C[C@]4(C)[C@@]3(F)[C@@H](O)C[C@@]21C. The second-order valence-electron chi connectivity index (χ2n) is 10.9. The second kappa shape index (κ2) is 8.74. The molecule has 4 rings (SSSR count). The minimum absolute atomic E-state index is 0.0173. The molecular formula is C26H34ClFO5S. The van der Waals surface area contributed by atoms with Crippen molar-refractivity contribution >= 4 is 40.2 Å². The van der Waals surface area contributed by atoms with Crippen molar-refractivity contribution in [1.82, 2.24) is 0 Å². The summed E-state index contributed by atoms with van der Waals surface area (Å²) < 4.78 is 23.4. The summed E-state index contributed by atoms with van der Waals surface area (Å²) in [5, 5.41) is 11.2. The van der Waals surface area contributed by atoms with Gasteiger partial charge in [0.05, 0.1) is 11.3 Å². The molecule has 188 valence electrons. The summed E-state index contributed by atoms with van der Waals surface area (Å²) >= 11 is 6.83. The Balaban J connectivity index is 1.83. The maximum atomic E-state index is 17.3. The number of ether oxygens (including phenoxy) is 1. The van der Waals surface area contributed by atoms with E-state index in [1.54, 1.807) is 13.0 Å². The number of carbonyl (C=O) groups excluding carboxylic acids is 3. The van der Waals surface area contributed by atoms with Crippen LogP contribution in [0, 0.1) is 28.6 Å². The summed E-state index contributed by atoms with van der Waals surface area (Å²) in [6.07, 6.45) is 5.37. The van der Waals surface area contributed by atoms with Gasteiger partial charge in [-0.3, -0.25) is 14.4 Å². The van der Waals surface area contributed by atoms with Crippen molar-refractivity contribution in [1.29, 1.82) is 0 Å². The number of alkyl halides is 2. The molecule has 0 amide bonds. The molecule has 0 radical (unpaired) electrons. The van der Waals surface area contributed by atoms with Gasteiger partial charge in [0.2, 0.25) is 5.12 Å². The second-order valence-corrected chi connectivity index (χ2v) is 12.4. The Morgan fingerprint density at radius 1 is 1.32 bits per heavy atom. The van der Waals surface area contributed by atoms with Gasteiger partial charge < -0.3 is 9.84 Å². The molecule has 3 saturated carbocycles. The van der Waals surface area contributed by atoms with Crippen LogP contribution in [0.2, 0.25) is 0 Å². The van der Waals surface area contributed by atoms with Crippen LogP contribution in [0.4, 0.5) is 4.39 Å². The molecule has 4 aliphatic rings. The van der Waals surface area contributed by atoms with Crippen LogP contribution in [-0.4, -0.2) is 44.6 Å². The first-order valence-electron chi connectivity index (χ1n) is 12.2. The lowest BCUT2D eigenvalue weighted by Crippen LogP contribution is -2.69. The minimum atomic E-state index is -2.00. The highest BCUT2D eigenvalue weighted by atomic mass is 35.5. The van der Waals surface area contributed by atoms with Crippen LogP contribution in [0.25, 0.3) is 0 Å². The average Bonchev–Trinajstić information content (AvgIpc) is 2.97. The molecule has 0 saturated heterocycles. The Morgan fingerprint density at radius 3 is 2.68 bits per heavy atom. The molecule has 0 aromatic heterocycles. The number of halogens is 2. The maximum absolute atomic E-state index is 17.3. The molecule has 3 fully saturated rings. The molecule has 1 N–H and O–H groups in total. The van der Waals surface area contributed by atoms with Crippen LogP contribution in [-0.2, 0) is 19.1 Å². The fraction of sp³-hybridized carbons (Fsp3) is 0.731. The number of aliphatic hydroxyl groups is 1. The minimum Gasteiger partial charge on any atom is -0.449 e. The van der Waals surface area contributed by atoms with Crippen molar-refractivity contribution in [2.24, 2.45) is 28.6 Å². The highest BCUT2D eigenvalue weighted by Gasteiger charge is 2.77. The molecule has 8 heteroatoms. The fourth-order valence-corrected chi connectivity index (χ4v) is 8.90. The number of allylic oxidation sites excluding steroid dienone is 4. The highest BCUT2D eigenvalue weighted by Crippen LogP contribution is 2.71. The molecule has 0 aromatic carbocycles. The molecule has 0 unspecified atom stereocenters. The number of carbonyl (C=O) groups is 3. The Bertz CT molecular complexity index is 967. The molecule has 0 bridgehead atoms. The number of thioether (sulfide) groups is 1. The van der Waals surface area contributed by atoms with Crippen molar-refractivity contribution in [2.75, 3.05) is 5.21 Å². The van der Waals surface area contributed by atoms with E-state index in [2.05, 4.69) is 0 Å². The molecular weight excluding hydrogens is 479 g/mol. The Labute approximate surface area is 209 Å². The topological polar surface area (TPSA) is 80.7 Å². The molecule has 0 aliphatic heterocycles. The summed E-state index contributed by atoms with van der Waals surface area (Å²) in [4.78, 5) is 38.4. The van der Waals surface area contributed by atoms with Gasteiger partial charge in [-0.1, -0.05) is 44.2 Å². The number of rotatable bonds is 5. The summed E-state index contributed by atoms with van der Waals surface area (Å²) in [5.74, 6) is -1.81. The standard InChI is InChI=1S/C26H34ClFO5S/c1-5-6-21(31)33-26(22(32)34-14-27)15(2)11-19-18-8-7-16-12-17(29)9-10-23(16,3)25(18,28)20(30)13-24(19,26)4/h9-10,12,15,18-20,30H,5-8,11,13-14H2,1-4H3/t15-,18-,19-,20-,23-,24-,25-,26-/m0/s1. The van der Waals surface area contributed by atoms with Gasteiger partial charge >= 0.3 is 5.97 Å². The zero-order valence-corrected chi connectivity index (χ0v) is 21.8. The van der Waals surface area contributed by atoms with Crippen LogP contribution in [0.15, 0.2) is 23.8 Å². The Morgan fingerprint density at radius 2 is 2.03 bits per heavy atom. The summed E-state index contributed by atoms with van der Waals surface area (Å²) in [5.41, 5.74) is -4.82. The number of hydrogen-bond acceptors (Lipinski definition) is 6. The van der Waals surface area contributed by atoms with Crippen molar-refractivity contribution in [2.45, 2.75) is 83.6 Å². The lowest BCUT2D eigenvalue weighted by Gasteiger charge is -2.62. The van der Waals surface area contributed by atoms with E-state index in [-0.39, 0.29) is 40.8 Å². The third-order valence-electron chi connectivity index (χ3n) is 9.40. The zero-order chi connectivity index (χ0) is 25.1. The van der Waals surface area contributed by atoms with Crippen molar-refractivity contribution in [3.63, 3.8) is 0 Å². The predicted octanol–water partition coefficient (Wildman–Crippen LogP) is 5.14. The third-order valence-corrected chi connectivity index (χ3v) is 10.4. The van der Waals surface area contributed by atoms with Gasteiger partial charge in [-0.2, -0.15) is 0 Å². The highest BCUT2D eigenvalue weighted by molar-refractivity contribution is 8.14. The van der Waals surface area contributed by atoms with Crippen LogP contribution >= 0.6 is 23.4 Å². The maximum Gasteiger partial charge on any atom is 0.306 e. The van der Waals surface area contributed by atoms with Gasteiger partial charge in [0.15, 0.2) is 17.1 Å². The van der Waals surface area contributed by atoms with E-state index >= 15 is 4.39 Å². The van der Waals surface area contributed by atoms with Crippen LogP contribution in [0.5, 0.6) is 0 Å². The first kappa shape index (κ1) is 25.9. The van der Waals surface area contributed by atoms with Gasteiger partial charge in [0.1, 0.15) is 0 Å². The smallest absolute Gasteiger partial charge is 0.306 e.